The topological polar surface area (TPSA) is 131 Å². The minimum atomic E-state index is -1.50. The Labute approximate surface area is 62.8 Å². The number of aliphatic hydroxyl groups is 1. The Bertz CT molecular complexity index is 170. The number of carbonyl (C=O) groups excluding carboxylic acids is 2. The number of rotatable bonds is 4. The molecule has 0 bridgehead atoms. The van der Waals surface area contributed by atoms with E-state index in [0.29, 0.717) is 0 Å². The van der Waals surface area contributed by atoms with Gasteiger partial charge in [0.05, 0.1) is 6.42 Å². The van der Waals surface area contributed by atoms with Crippen molar-refractivity contribution in [3.05, 3.63) is 0 Å². The second-order valence-electron chi connectivity index (χ2n) is 2.16. The molecule has 0 heterocycles. The predicted octanol–water partition coefficient (Wildman–Crippen LogP) is -4.42. The van der Waals surface area contributed by atoms with E-state index in [-0.39, 0.29) is 0 Å². The molecule has 6 nitrogen and oxygen atoms in total. The minimum Gasteiger partial charge on any atom is -0.544 e. The quantitative estimate of drug-likeness (QED) is 0.385. The number of amides is 1. The average molecular weight is 162 g/mol. The van der Waals surface area contributed by atoms with Gasteiger partial charge in [0.2, 0.25) is 5.91 Å². The number of hydrogen-bond acceptors (Lipinski definition) is 4. The predicted molar refractivity (Wildman–Crippen MR) is 31.5 cm³/mol. The fraction of sp³-hybridized carbons (Fsp3) is 0.600. The van der Waals surface area contributed by atoms with Crippen LogP contribution in [-0.4, -0.2) is 29.1 Å². The highest BCUT2D eigenvalue weighted by Gasteiger charge is 2.20. The molecular formula is C5H10N2O4. The number of aliphatic carboxylic acids is 1. The molecule has 0 aliphatic carbocycles. The highest BCUT2D eigenvalue weighted by atomic mass is 16.4. The van der Waals surface area contributed by atoms with Crippen molar-refractivity contribution in [3.63, 3.8) is 0 Å². The average Bonchev–Trinajstić information content (AvgIpc) is 1.84. The summed E-state index contributed by atoms with van der Waals surface area (Å²) in [5, 5.41) is 18.9. The third kappa shape index (κ3) is 3.54. The molecule has 0 aromatic carbocycles. The Kier molecular flexibility index (Phi) is 3.49. The van der Waals surface area contributed by atoms with E-state index in [1.165, 1.54) is 0 Å². The molecule has 0 saturated carbocycles. The lowest BCUT2D eigenvalue weighted by Gasteiger charge is -2.14. The Balaban J connectivity index is 3.92. The SMILES string of the molecule is NC(=O)C[C@@H](O)[C@H]([NH3+])C(=O)[O-]. The Morgan fingerprint density at radius 2 is 2.09 bits per heavy atom. The van der Waals surface area contributed by atoms with Crippen LogP contribution < -0.4 is 16.6 Å². The van der Waals surface area contributed by atoms with Crippen LogP contribution in [0.2, 0.25) is 0 Å². The molecule has 0 aliphatic heterocycles. The minimum absolute atomic E-state index is 0.415. The van der Waals surface area contributed by atoms with Gasteiger partial charge in [-0.25, -0.2) is 0 Å². The summed E-state index contributed by atoms with van der Waals surface area (Å²) in [7, 11) is 0. The van der Waals surface area contributed by atoms with E-state index in [2.05, 4.69) is 5.73 Å². The number of carboxylic acids is 1. The van der Waals surface area contributed by atoms with Crippen LogP contribution in [0.4, 0.5) is 0 Å². The van der Waals surface area contributed by atoms with Crippen LogP contribution in [0.5, 0.6) is 0 Å². The molecule has 0 fully saturated rings. The molecule has 2 atom stereocenters. The zero-order chi connectivity index (χ0) is 9.02. The van der Waals surface area contributed by atoms with Crippen LogP contribution in [-0.2, 0) is 9.59 Å². The number of quaternary nitrogens is 1. The number of aliphatic hydroxyl groups excluding tert-OH is 1. The van der Waals surface area contributed by atoms with E-state index < -0.39 is 30.4 Å². The van der Waals surface area contributed by atoms with Gasteiger partial charge >= 0.3 is 0 Å². The molecule has 0 aromatic heterocycles. The molecule has 64 valence electrons. The highest BCUT2D eigenvalue weighted by Crippen LogP contribution is 1.92. The van der Waals surface area contributed by atoms with Gasteiger partial charge in [0.1, 0.15) is 12.1 Å². The summed E-state index contributed by atoms with van der Waals surface area (Å²) >= 11 is 0. The van der Waals surface area contributed by atoms with Crippen molar-refractivity contribution in [2.45, 2.75) is 18.6 Å². The fourth-order valence-electron chi connectivity index (χ4n) is 0.505. The third-order valence-corrected chi connectivity index (χ3v) is 1.18. The molecule has 0 radical (unpaired) electrons. The van der Waals surface area contributed by atoms with Crippen LogP contribution in [0.15, 0.2) is 0 Å². The van der Waals surface area contributed by atoms with Gasteiger partial charge in [-0.3, -0.25) is 4.79 Å². The number of primary amides is 1. The van der Waals surface area contributed by atoms with Gasteiger partial charge in [0, 0.05) is 0 Å². The van der Waals surface area contributed by atoms with Crippen molar-refractivity contribution in [1.29, 1.82) is 0 Å². The third-order valence-electron chi connectivity index (χ3n) is 1.18. The lowest BCUT2D eigenvalue weighted by atomic mass is 10.1. The maximum atomic E-state index is 10.2. The van der Waals surface area contributed by atoms with Crippen LogP contribution in [0.3, 0.4) is 0 Å². The van der Waals surface area contributed by atoms with Crippen LogP contribution in [0, 0.1) is 0 Å². The molecule has 0 unspecified atom stereocenters. The van der Waals surface area contributed by atoms with Gasteiger partial charge in [0.15, 0.2) is 6.04 Å². The van der Waals surface area contributed by atoms with E-state index in [1.54, 1.807) is 0 Å². The fourth-order valence-corrected chi connectivity index (χ4v) is 0.505. The van der Waals surface area contributed by atoms with E-state index in [9.17, 15) is 14.7 Å². The van der Waals surface area contributed by atoms with Crippen molar-refractivity contribution < 1.29 is 25.5 Å². The molecule has 0 spiro atoms. The number of hydrogen-bond donors (Lipinski definition) is 3. The van der Waals surface area contributed by atoms with Crippen LogP contribution in [0.25, 0.3) is 0 Å². The van der Waals surface area contributed by atoms with Crippen molar-refractivity contribution in [2.24, 2.45) is 5.73 Å². The molecule has 6 N–H and O–H groups in total. The Morgan fingerprint density at radius 1 is 1.64 bits per heavy atom. The highest BCUT2D eigenvalue weighted by molar-refractivity contribution is 5.76. The number of nitrogens with two attached hydrogens (primary N) is 1. The maximum absolute atomic E-state index is 10.2. The van der Waals surface area contributed by atoms with Gasteiger partial charge in [-0.2, -0.15) is 0 Å². The zero-order valence-corrected chi connectivity index (χ0v) is 5.82. The van der Waals surface area contributed by atoms with Crippen molar-refractivity contribution in [3.8, 4) is 0 Å². The van der Waals surface area contributed by atoms with Gasteiger partial charge in [-0.1, -0.05) is 0 Å². The lowest BCUT2D eigenvalue weighted by Crippen LogP contribution is -2.73. The lowest BCUT2D eigenvalue weighted by molar-refractivity contribution is -0.451. The molecule has 0 aromatic rings. The monoisotopic (exact) mass is 162 g/mol. The van der Waals surface area contributed by atoms with E-state index >= 15 is 0 Å². The van der Waals surface area contributed by atoms with Crippen molar-refractivity contribution in [2.75, 3.05) is 0 Å². The number of carboxylic acid groups (broad SMARTS) is 1. The zero-order valence-electron chi connectivity index (χ0n) is 5.82. The molecule has 1 amide bonds. The first-order valence-corrected chi connectivity index (χ1v) is 2.95. The summed E-state index contributed by atoms with van der Waals surface area (Å²) in [6.07, 6.45) is -1.78. The smallest absolute Gasteiger partial charge is 0.220 e. The first kappa shape index (κ1) is 9.86. The normalized spacial score (nSPS) is 15.5. The van der Waals surface area contributed by atoms with Crippen LogP contribution in [0.1, 0.15) is 6.42 Å². The first-order valence-electron chi connectivity index (χ1n) is 2.95. The molecule has 6 heteroatoms. The van der Waals surface area contributed by atoms with Crippen LogP contribution >= 0.6 is 0 Å². The second-order valence-corrected chi connectivity index (χ2v) is 2.16. The van der Waals surface area contributed by atoms with E-state index in [1.807, 2.05) is 0 Å². The van der Waals surface area contributed by atoms with Crippen molar-refractivity contribution in [1.82, 2.24) is 0 Å². The van der Waals surface area contributed by atoms with Gasteiger partial charge in [-0.05, 0) is 0 Å². The standard InChI is InChI=1S/C5H10N2O4/c6-3(9)1-2(8)4(7)5(10)11/h2,4,8H,1,7H2,(H2,6,9)(H,10,11)/t2-,4+/m1/s1. The van der Waals surface area contributed by atoms with Gasteiger partial charge in [0.25, 0.3) is 0 Å². The summed E-state index contributed by atoms with van der Waals surface area (Å²) in [4.78, 5) is 20.2. The Morgan fingerprint density at radius 3 is 2.36 bits per heavy atom. The second kappa shape index (κ2) is 3.89. The first-order chi connectivity index (χ1) is 4.95. The largest absolute Gasteiger partial charge is 0.544 e. The molecule has 0 rings (SSSR count). The molecule has 0 saturated heterocycles. The van der Waals surface area contributed by atoms with Gasteiger partial charge in [-0.15, -0.1) is 0 Å². The Hall–Kier alpha value is -1.14. The molecule has 11 heavy (non-hydrogen) atoms. The molecular weight excluding hydrogens is 152 g/mol. The van der Waals surface area contributed by atoms with E-state index in [0.717, 1.165) is 0 Å². The summed E-state index contributed by atoms with van der Waals surface area (Å²) in [6.45, 7) is 0. The summed E-state index contributed by atoms with van der Waals surface area (Å²) in [5.41, 5.74) is 7.76. The van der Waals surface area contributed by atoms with E-state index in [4.69, 9.17) is 10.8 Å². The van der Waals surface area contributed by atoms with Gasteiger partial charge < -0.3 is 26.5 Å². The number of carbonyl (C=O) groups is 2. The summed E-state index contributed by atoms with van der Waals surface area (Å²) in [5.74, 6) is -2.27. The molecule has 0 aliphatic rings. The maximum Gasteiger partial charge on any atom is 0.220 e. The summed E-state index contributed by atoms with van der Waals surface area (Å²) in [6, 6.07) is -1.32. The van der Waals surface area contributed by atoms with Crippen molar-refractivity contribution >= 4 is 11.9 Å². The summed E-state index contributed by atoms with van der Waals surface area (Å²) < 4.78 is 0.